The van der Waals surface area contributed by atoms with E-state index in [2.05, 4.69) is 20.6 Å². The van der Waals surface area contributed by atoms with Gasteiger partial charge in [-0.05, 0) is 48.5 Å². The van der Waals surface area contributed by atoms with Crippen molar-refractivity contribution in [2.75, 3.05) is 23.8 Å². The molecular weight excluding hydrogens is 423 g/mol. The van der Waals surface area contributed by atoms with E-state index < -0.39 is 0 Å². The van der Waals surface area contributed by atoms with Gasteiger partial charge in [-0.25, -0.2) is 14.4 Å². The molecule has 5 rings (SSSR count). The van der Waals surface area contributed by atoms with Gasteiger partial charge in [-0.15, -0.1) is 0 Å². The van der Waals surface area contributed by atoms with Crippen molar-refractivity contribution in [3.63, 3.8) is 0 Å². The number of nitrogens with one attached hydrogen (secondary N) is 2. The number of hydrogen-bond acceptors (Lipinski definition) is 6. The fourth-order valence-corrected chi connectivity index (χ4v) is 3.41. The first-order chi connectivity index (χ1) is 16.1. The predicted molar refractivity (Wildman–Crippen MR) is 123 cm³/mol. The summed E-state index contributed by atoms with van der Waals surface area (Å²) in [4.78, 5) is 21.0. The van der Waals surface area contributed by atoms with E-state index in [0.717, 1.165) is 5.69 Å². The number of hydrogen-bond donors (Lipinski definition) is 2. The molecule has 2 N–H and O–H groups in total. The number of nitrogens with zero attached hydrogens (tertiary/aromatic N) is 2. The maximum absolute atomic E-state index is 13.5. The van der Waals surface area contributed by atoms with Crippen molar-refractivity contribution in [2.24, 2.45) is 0 Å². The summed E-state index contributed by atoms with van der Waals surface area (Å²) in [6.45, 7) is 0.995. The molecule has 0 radical (unpaired) electrons. The third-order valence-corrected chi connectivity index (χ3v) is 5.01. The maximum Gasteiger partial charge on any atom is 0.255 e. The van der Waals surface area contributed by atoms with Crippen LogP contribution in [0.5, 0.6) is 11.5 Å². The van der Waals surface area contributed by atoms with Crippen LogP contribution in [0.4, 0.5) is 21.6 Å². The zero-order chi connectivity index (χ0) is 22.6. The van der Waals surface area contributed by atoms with Crippen LogP contribution in [-0.4, -0.2) is 29.1 Å². The molecular formula is C25H19FN4O3. The minimum absolute atomic E-state index is 0.242. The minimum atomic E-state index is -0.328. The van der Waals surface area contributed by atoms with Gasteiger partial charge in [-0.2, -0.15) is 0 Å². The highest BCUT2D eigenvalue weighted by molar-refractivity contribution is 6.04. The number of fused-ring (bicyclic) bond motifs is 1. The molecule has 0 spiro atoms. The van der Waals surface area contributed by atoms with Gasteiger partial charge >= 0.3 is 0 Å². The number of benzene rings is 3. The van der Waals surface area contributed by atoms with E-state index in [4.69, 9.17) is 9.47 Å². The lowest BCUT2D eigenvalue weighted by molar-refractivity contribution is 0.102. The molecule has 0 aliphatic carbocycles. The summed E-state index contributed by atoms with van der Waals surface area (Å²) in [7, 11) is 0. The van der Waals surface area contributed by atoms with E-state index in [1.165, 1.54) is 18.5 Å². The second-order valence-electron chi connectivity index (χ2n) is 7.31. The molecule has 0 unspecified atom stereocenters. The summed E-state index contributed by atoms with van der Waals surface area (Å²) in [6, 6.07) is 20.2. The Hall–Kier alpha value is -4.46. The topological polar surface area (TPSA) is 85.4 Å². The van der Waals surface area contributed by atoms with Crippen LogP contribution in [0, 0.1) is 5.82 Å². The van der Waals surface area contributed by atoms with Crippen LogP contribution < -0.4 is 20.1 Å². The number of carbonyl (C=O) groups excluding carboxylic acids is 1. The number of rotatable bonds is 5. The average molecular weight is 442 g/mol. The third-order valence-electron chi connectivity index (χ3n) is 5.01. The molecule has 1 aliphatic rings. The molecule has 3 aromatic carbocycles. The van der Waals surface area contributed by atoms with E-state index in [1.54, 1.807) is 60.7 Å². The van der Waals surface area contributed by atoms with Crippen molar-refractivity contribution < 1.29 is 18.7 Å². The van der Waals surface area contributed by atoms with Gasteiger partial charge in [0.1, 0.15) is 31.2 Å². The lowest BCUT2D eigenvalue weighted by atomic mass is 10.1. The highest BCUT2D eigenvalue weighted by Gasteiger charge is 2.13. The van der Waals surface area contributed by atoms with Crippen molar-refractivity contribution in [3.05, 3.63) is 90.5 Å². The van der Waals surface area contributed by atoms with Crippen LogP contribution in [0.3, 0.4) is 0 Å². The van der Waals surface area contributed by atoms with Crippen LogP contribution in [0.2, 0.25) is 0 Å². The molecule has 0 bridgehead atoms. The molecule has 7 nitrogen and oxygen atoms in total. The maximum atomic E-state index is 13.5. The Morgan fingerprint density at radius 3 is 2.45 bits per heavy atom. The van der Waals surface area contributed by atoms with Crippen molar-refractivity contribution in [3.8, 4) is 22.8 Å². The second kappa shape index (κ2) is 8.96. The Morgan fingerprint density at radius 2 is 1.64 bits per heavy atom. The molecule has 0 atom stereocenters. The average Bonchev–Trinajstić information content (AvgIpc) is 2.84. The standard InChI is InChI=1S/C25H19FN4O3/c26-18-3-1-2-17(12-18)21-14-24(28-15-27-21)29-19-6-4-16(5-7-19)25(31)30-20-8-9-22-23(13-20)33-11-10-32-22/h1-9,12-15H,10-11H2,(H,30,31)(H,27,28,29). The zero-order valence-corrected chi connectivity index (χ0v) is 17.4. The van der Waals surface area contributed by atoms with Crippen LogP contribution >= 0.6 is 0 Å². The fraction of sp³-hybridized carbons (Fsp3) is 0.0800. The Bertz CT molecular complexity index is 1310. The lowest BCUT2D eigenvalue weighted by Gasteiger charge is -2.19. The van der Waals surface area contributed by atoms with Gasteiger partial charge in [0.05, 0.1) is 5.69 Å². The van der Waals surface area contributed by atoms with Gasteiger partial charge in [-0.3, -0.25) is 4.79 Å². The smallest absolute Gasteiger partial charge is 0.255 e. The Kier molecular flexibility index (Phi) is 5.55. The summed E-state index contributed by atoms with van der Waals surface area (Å²) in [5, 5.41) is 6.03. The first-order valence-corrected chi connectivity index (χ1v) is 10.3. The summed E-state index contributed by atoms with van der Waals surface area (Å²) in [6.07, 6.45) is 1.41. The van der Waals surface area contributed by atoms with Gasteiger partial charge in [0, 0.05) is 34.6 Å². The van der Waals surface area contributed by atoms with Gasteiger partial charge in [0.25, 0.3) is 5.91 Å². The van der Waals surface area contributed by atoms with Crippen LogP contribution in [-0.2, 0) is 0 Å². The number of aromatic nitrogens is 2. The molecule has 1 aromatic heterocycles. The number of ether oxygens (including phenoxy) is 2. The monoisotopic (exact) mass is 442 g/mol. The van der Waals surface area contributed by atoms with Crippen LogP contribution in [0.1, 0.15) is 10.4 Å². The lowest BCUT2D eigenvalue weighted by Crippen LogP contribution is -2.16. The third kappa shape index (κ3) is 4.74. The van der Waals surface area contributed by atoms with E-state index in [1.807, 2.05) is 0 Å². The highest BCUT2D eigenvalue weighted by atomic mass is 19.1. The van der Waals surface area contributed by atoms with Crippen molar-refractivity contribution >= 4 is 23.1 Å². The Labute approximate surface area is 189 Å². The number of anilines is 3. The Balaban J connectivity index is 1.26. The molecule has 33 heavy (non-hydrogen) atoms. The number of amides is 1. The SMILES string of the molecule is O=C(Nc1ccc2c(c1)OCCO2)c1ccc(Nc2cc(-c3cccc(F)c3)ncn2)cc1. The molecule has 0 saturated heterocycles. The van der Waals surface area contributed by atoms with E-state index in [0.29, 0.717) is 53.0 Å². The van der Waals surface area contributed by atoms with Crippen LogP contribution in [0.25, 0.3) is 11.3 Å². The molecule has 8 heteroatoms. The number of carbonyl (C=O) groups is 1. The molecule has 4 aromatic rings. The quantitative estimate of drug-likeness (QED) is 0.450. The molecule has 164 valence electrons. The summed E-state index contributed by atoms with van der Waals surface area (Å²) >= 11 is 0. The van der Waals surface area contributed by atoms with Gasteiger partial charge in [0.15, 0.2) is 11.5 Å². The van der Waals surface area contributed by atoms with Gasteiger partial charge < -0.3 is 20.1 Å². The summed E-state index contributed by atoms with van der Waals surface area (Å²) in [5.74, 6) is 1.26. The summed E-state index contributed by atoms with van der Waals surface area (Å²) in [5.41, 5.74) is 3.12. The Morgan fingerprint density at radius 1 is 0.848 bits per heavy atom. The van der Waals surface area contributed by atoms with E-state index in [-0.39, 0.29) is 11.7 Å². The minimum Gasteiger partial charge on any atom is -0.486 e. The molecule has 1 amide bonds. The first-order valence-electron chi connectivity index (χ1n) is 10.3. The second-order valence-corrected chi connectivity index (χ2v) is 7.31. The zero-order valence-electron chi connectivity index (χ0n) is 17.4. The predicted octanol–water partition coefficient (Wildman–Crippen LogP) is 5.05. The van der Waals surface area contributed by atoms with Crippen LogP contribution in [0.15, 0.2) is 79.1 Å². The van der Waals surface area contributed by atoms with Gasteiger partial charge in [0.2, 0.25) is 0 Å². The van der Waals surface area contributed by atoms with Crippen molar-refractivity contribution in [1.82, 2.24) is 9.97 Å². The van der Waals surface area contributed by atoms with Crippen molar-refractivity contribution in [1.29, 1.82) is 0 Å². The normalized spacial score (nSPS) is 12.2. The first kappa shape index (κ1) is 20.4. The number of halogens is 1. The van der Waals surface area contributed by atoms with E-state index in [9.17, 15) is 9.18 Å². The molecule has 2 heterocycles. The molecule has 0 fully saturated rings. The molecule has 0 saturated carbocycles. The fourth-order valence-electron chi connectivity index (χ4n) is 3.41. The highest BCUT2D eigenvalue weighted by Crippen LogP contribution is 2.32. The van der Waals surface area contributed by atoms with E-state index >= 15 is 0 Å². The largest absolute Gasteiger partial charge is 0.486 e. The van der Waals surface area contributed by atoms with Crippen molar-refractivity contribution in [2.45, 2.75) is 0 Å². The summed E-state index contributed by atoms with van der Waals surface area (Å²) < 4.78 is 24.6. The molecule has 1 aliphatic heterocycles. The van der Waals surface area contributed by atoms with Gasteiger partial charge in [-0.1, -0.05) is 12.1 Å².